The van der Waals surface area contributed by atoms with E-state index < -0.39 is 5.60 Å². The lowest BCUT2D eigenvalue weighted by Gasteiger charge is -2.26. The van der Waals surface area contributed by atoms with Crippen LogP contribution in [0, 0.1) is 0 Å². The quantitative estimate of drug-likeness (QED) is 0.847. The predicted octanol–water partition coefficient (Wildman–Crippen LogP) is 2.08. The topological polar surface area (TPSA) is 80.0 Å². The maximum absolute atomic E-state index is 12.3. The van der Waals surface area contributed by atoms with E-state index in [0.717, 1.165) is 44.2 Å². The molecule has 6 heteroatoms. The van der Waals surface area contributed by atoms with E-state index in [1.165, 1.54) is 0 Å². The molecule has 23 heavy (non-hydrogen) atoms. The SMILES string of the molecule is O=C(NCC1(O)CCCCCC1)c1cc(-n2cccn2)ccn1. The Balaban J connectivity index is 1.65. The van der Waals surface area contributed by atoms with Crippen LogP contribution in [0.25, 0.3) is 5.69 Å². The number of aliphatic hydroxyl groups is 1. The van der Waals surface area contributed by atoms with Crippen molar-refractivity contribution < 1.29 is 9.90 Å². The first-order valence-corrected chi connectivity index (χ1v) is 8.13. The van der Waals surface area contributed by atoms with Gasteiger partial charge >= 0.3 is 0 Å². The Hall–Kier alpha value is -2.21. The summed E-state index contributed by atoms with van der Waals surface area (Å²) >= 11 is 0. The highest BCUT2D eigenvalue weighted by atomic mass is 16.3. The number of pyridine rings is 1. The van der Waals surface area contributed by atoms with Crippen molar-refractivity contribution in [3.8, 4) is 5.69 Å². The number of amides is 1. The summed E-state index contributed by atoms with van der Waals surface area (Å²) in [6, 6.07) is 5.31. The molecule has 6 nitrogen and oxygen atoms in total. The number of hydrogen-bond donors (Lipinski definition) is 2. The smallest absolute Gasteiger partial charge is 0.270 e. The van der Waals surface area contributed by atoms with Crippen LogP contribution in [-0.2, 0) is 0 Å². The molecule has 0 aliphatic heterocycles. The molecule has 0 aromatic carbocycles. The molecule has 0 atom stereocenters. The molecule has 0 bridgehead atoms. The summed E-state index contributed by atoms with van der Waals surface area (Å²) in [5.74, 6) is -0.267. The molecule has 2 heterocycles. The van der Waals surface area contributed by atoms with Crippen molar-refractivity contribution in [1.82, 2.24) is 20.1 Å². The van der Waals surface area contributed by atoms with Crippen molar-refractivity contribution in [2.24, 2.45) is 0 Å². The van der Waals surface area contributed by atoms with Crippen LogP contribution in [0.3, 0.4) is 0 Å². The lowest BCUT2D eigenvalue weighted by atomic mass is 9.94. The van der Waals surface area contributed by atoms with Gasteiger partial charge in [0, 0.05) is 25.1 Å². The molecule has 1 amide bonds. The Morgan fingerprint density at radius 1 is 1.26 bits per heavy atom. The average Bonchev–Trinajstić information content (AvgIpc) is 3.02. The van der Waals surface area contributed by atoms with Crippen LogP contribution in [0.2, 0.25) is 0 Å². The van der Waals surface area contributed by atoms with Crippen LogP contribution < -0.4 is 5.32 Å². The highest BCUT2D eigenvalue weighted by Crippen LogP contribution is 2.26. The fraction of sp³-hybridized carbons (Fsp3) is 0.471. The Kier molecular flexibility index (Phi) is 4.71. The third-order valence-corrected chi connectivity index (χ3v) is 4.36. The number of rotatable bonds is 4. The van der Waals surface area contributed by atoms with Gasteiger partial charge in [0.25, 0.3) is 5.91 Å². The minimum atomic E-state index is -0.786. The Morgan fingerprint density at radius 2 is 2.04 bits per heavy atom. The van der Waals surface area contributed by atoms with Crippen LogP contribution in [0.5, 0.6) is 0 Å². The lowest BCUT2D eigenvalue weighted by Crippen LogP contribution is -2.42. The van der Waals surface area contributed by atoms with Gasteiger partial charge in [-0.25, -0.2) is 4.68 Å². The van der Waals surface area contributed by atoms with Crippen molar-refractivity contribution in [3.05, 3.63) is 42.5 Å². The number of aromatic nitrogens is 3. The first-order chi connectivity index (χ1) is 11.2. The van der Waals surface area contributed by atoms with Gasteiger partial charge in [-0.15, -0.1) is 0 Å². The predicted molar refractivity (Wildman–Crippen MR) is 86.3 cm³/mol. The third-order valence-electron chi connectivity index (χ3n) is 4.36. The van der Waals surface area contributed by atoms with E-state index in [-0.39, 0.29) is 12.5 Å². The zero-order valence-corrected chi connectivity index (χ0v) is 13.1. The minimum Gasteiger partial charge on any atom is -0.388 e. The lowest BCUT2D eigenvalue weighted by molar-refractivity contribution is 0.0246. The number of nitrogens with one attached hydrogen (secondary N) is 1. The molecule has 1 fully saturated rings. The minimum absolute atomic E-state index is 0.267. The summed E-state index contributed by atoms with van der Waals surface area (Å²) in [7, 11) is 0. The molecule has 2 aromatic rings. The van der Waals surface area contributed by atoms with E-state index in [0.29, 0.717) is 5.69 Å². The number of carbonyl (C=O) groups excluding carboxylic acids is 1. The van der Waals surface area contributed by atoms with Crippen LogP contribution >= 0.6 is 0 Å². The van der Waals surface area contributed by atoms with Gasteiger partial charge in [-0.05, 0) is 31.0 Å². The zero-order chi connectivity index (χ0) is 16.1. The summed E-state index contributed by atoms with van der Waals surface area (Å²) in [6.45, 7) is 0.277. The first kappa shape index (κ1) is 15.7. The third kappa shape index (κ3) is 3.96. The molecular formula is C17H22N4O2. The van der Waals surface area contributed by atoms with Gasteiger partial charge in [0.15, 0.2) is 0 Å². The van der Waals surface area contributed by atoms with E-state index in [2.05, 4.69) is 15.4 Å². The molecule has 1 aliphatic carbocycles. The Labute approximate surface area is 135 Å². The number of hydrogen-bond acceptors (Lipinski definition) is 4. The summed E-state index contributed by atoms with van der Waals surface area (Å²) in [6.07, 6.45) is 10.9. The van der Waals surface area contributed by atoms with Gasteiger partial charge in [-0.3, -0.25) is 9.78 Å². The Morgan fingerprint density at radius 3 is 2.74 bits per heavy atom. The second-order valence-corrected chi connectivity index (χ2v) is 6.17. The van der Waals surface area contributed by atoms with E-state index in [1.54, 1.807) is 29.2 Å². The molecule has 3 rings (SSSR count). The van der Waals surface area contributed by atoms with E-state index in [9.17, 15) is 9.90 Å². The number of nitrogens with zero attached hydrogens (tertiary/aromatic N) is 3. The van der Waals surface area contributed by atoms with E-state index >= 15 is 0 Å². The molecule has 0 radical (unpaired) electrons. The Bertz CT molecular complexity index is 646. The molecule has 2 aromatic heterocycles. The van der Waals surface area contributed by atoms with Crippen LogP contribution in [0.1, 0.15) is 49.0 Å². The summed E-state index contributed by atoms with van der Waals surface area (Å²) in [5.41, 5.74) is 0.324. The summed E-state index contributed by atoms with van der Waals surface area (Å²) < 4.78 is 1.68. The standard InChI is InChI=1S/C17H22N4O2/c22-16(19-13-17(23)7-3-1-2-4-8-17)15-12-14(6-10-18-15)21-11-5-9-20-21/h5-6,9-12,23H,1-4,7-8,13H2,(H,19,22). The van der Waals surface area contributed by atoms with Gasteiger partial charge in [0.05, 0.1) is 11.3 Å². The van der Waals surface area contributed by atoms with Crippen molar-refractivity contribution in [2.75, 3.05) is 6.54 Å². The average molecular weight is 314 g/mol. The molecular weight excluding hydrogens is 292 g/mol. The summed E-state index contributed by atoms with van der Waals surface area (Å²) in [5, 5.41) is 17.6. The van der Waals surface area contributed by atoms with Gasteiger partial charge in [-0.1, -0.05) is 25.7 Å². The van der Waals surface area contributed by atoms with Crippen LogP contribution in [-0.4, -0.2) is 37.9 Å². The van der Waals surface area contributed by atoms with E-state index in [4.69, 9.17) is 0 Å². The second-order valence-electron chi connectivity index (χ2n) is 6.17. The van der Waals surface area contributed by atoms with Gasteiger partial charge < -0.3 is 10.4 Å². The molecule has 1 saturated carbocycles. The second kappa shape index (κ2) is 6.91. The molecule has 122 valence electrons. The van der Waals surface area contributed by atoms with Gasteiger partial charge in [0.1, 0.15) is 5.69 Å². The van der Waals surface area contributed by atoms with Crippen molar-refractivity contribution in [2.45, 2.75) is 44.1 Å². The largest absolute Gasteiger partial charge is 0.388 e. The fourth-order valence-electron chi connectivity index (χ4n) is 3.01. The monoisotopic (exact) mass is 314 g/mol. The molecule has 0 saturated heterocycles. The van der Waals surface area contributed by atoms with Crippen LogP contribution in [0.15, 0.2) is 36.8 Å². The van der Waals surface area contributed by atoms with Gasteiger partial charge in [-0.2, -0.15) is 5.10 Å². The van der Waals surface area contributed by atoms with Crippen molar-refractivity contribution in [3.63, 3.8) is 0 Å². The van der Waals surface area contributed by atoms with Crippen molar-refractivity contribution >= 4 is 5.91 Å². The molecule has 2 N–H and O–H groups in total. The van der Waals surface area contributed by atoms with E-state index in [1.807, 2.05) is 12.3 Å². The zero-order valence-electron chi connectivity index (χ0n) is 13.1. The normalized spacial score (nSPS) is 17.4. The van der Waals surface area contributed by atoms with Crippen molar-refractivity contribution in [1.29, 1.82) is 0 Å². The first-order valence-electron chi connectivity index (χ1n) is 8.13. The molecule has 0 unspecified atom stereocenters. The highest BCUT2D eigenvalue weighted by Gasteiger charge is 2.28. The molecule has 0 spiro atoms. The maximum atomic E-state index is 12.3. The molecule has 1 aliphatic rings. The van der Waals surface area contributed by atoms with Gasteiger partial charge in [0.2, 0.25) is 0 Å². The maximum Gasteiger partial charge on any atom is 0.270 e. The number of carbonyl (C=O) groups is 1. The fourth-order valence-corrected chi connectivity index (χ4v) is 3.01. The summed E-state index contributed by atoms with van der Waals surface area (Å²) in [4.78, 5) is 16.4. The highest BCUT2D eigenvalue weighted by molar-refractivity contribution is 5.92. The van der Waals surface area contributed by atoms with Crippen LogP contribution in [0.4, 0.5) is 0 Å².